The third-order valence-corrected chi connectivity index (χ3v) is 2.31. The second-order valence-corrected chi connectivity index (χ2v) is 4.41. The van der Waals surface area contributed by atoms with Crippen molar-refractivity contribution in [3.63, 3.8) is 0 Å². The molecular formula is C8H10BrFN2. The average molecular weight is 233 g/mol. The van der Waals surface area contributed by atoms with E-state index >= 15 is 0 Å². The van der Waals surface area contributed by atoms with Crippen molar-refractivity contribution in [2.45, 2.75) is 26.2 Å². The molecule has 66 valence electrons. The van der Waals surface area contributed by atoms with E-state index in [1.165, 1.54) is 0 Å². The molecule has 0 atom stereocenters. The maximum absolute atomic E-state index is 12.9. The number of hydrogen-bond donors (Lipinski definition) is 0. The van der Waals surface area contributed by atoms with E-state index in [1.54, 1.807) is 6.20 Å². The summed E-state index contributed by atoms with van der Waals surface area (Å²) in [4.78, 5) is 0. The molecule has 0 radical (unpaired) electrons. The molecule has 0 aliphatic carbocycles. The summed E-state index contributed by atoms with van der Waals surface area (Å²) in [5.74, 6) is -0.553. The van der Waals surface area contributed by atoms with Crippen molar-refractivity contribution in [2.24, 2.45) is 0 Å². The zero-order valence-electron chi connectivity index (χ0n) is 7.23. The van der Waals surface area contributed by atoms with Crippen LogP contribution >= 0.6 is 15.9 Å². The minimum atomic E-state index is -0.553. The van der Waals surface area contributed by atoms with Gasteiger partial charge in [0.2, 0.25) is 5.95 Å². The van der Waals surface area contributed by atoms with Crippen LogP contribution in [-0.2, 0) is 5.41 Å². The molecule has 1 aromatic rings. The summed E-state index contributed by atoms with van der Waals surface area (Å²) < 4.78 is 13.3. The zero-order chi connectivity index (χ0) is 9.35. The third kappa shape index (κ3) is 1.80. The number of aromatic nitrogens is 2. The molecule has 2 nitrogen and oxygen atoms in total. The molecule has 4 heteroatoms. The van der Waals surface area contributed by atoms with Crippen molar-refractivity contribution in [3.05, 3.63) is 22.2 Å². The molecule has 0 N–H and O–H groups in total. The number of nitrogens with zero attached hydrogens (tertiary/aromatic N) is 2. The summed E-state index contributed by atoms with van der Waals surface area (Å²) in [5.41, 5.74) is 0.713. The van der Waals surface area contributed by atoms with E-state index < -0.39 is 5.95 Å². The van der Waals surface area contributed by atoms with Crippen molar-refractivity contribution < 1.29 is 4.39 Å². The molecule has 0 fully saturated rings. The summed E-state index contributed by atoms with van der Waals surface area (Å²) in [7, 11) is 0. The van der Waals surface area contributed by atoms with Gasteiger partial charge in [-0.2, -0.15) is 9.49 Å². The van der Waals surface area contributed by atoms with Crippen LogP contribution in [0.25, 0.3) is 0 Å². The monoisotopic (exact) mass is 232 g/mol. The molecule has 1 aromatic heterocycles. The van der Waals surface area contributed by atoms with Crippen LogP contribution in [0.1, 0.15) is 26.3 Å². The van der Waals surface area contributed by atoms with Gasteiger partial charge >= 0.3 is 0 Å². The summed E-state index contributed by atoms with van der Waals surface area (Å²) in [6, 6.07) is 0. The van der Waals surface area contributed by atoms with Crippen molar-refractivity contribution in [1.29, 1.82) is 0 Å². The molecule has 0 saturated heterocycles. The highest BCUT2D eigenvalue weighted by Gasteiger charge is 2.19. The van der Waals surface area contributed by atoms with Gasteiger partial charge in [0.25, 0.3) is 0 Å². The Kier molecular flexibility index (Phi) is 2.46. The van der Waals surface area contributed by atoms with Gasteiger partial charge in [-0.05, 0) is 26.9 Å². The van der Waals surface area contributed by atoms with Crippen LogP contribution in [0.5, 0.6) is 0 Å². The lowest BCUT2D eigenvalue weighted by atomic mass is 9.89. The van der Waals surface area contributed by atoms with Gasteiger partial charge in [-0.1, -0.05) is 20.8 Å². The van der Waals surface area contributed by atoms with E-state index in [0.29, 0.717) is 4.47 Å². The first kappa shape index (κ1) is 9.58. The number of rotatable bonds is 0. The van der Waals surface area contributed by atoms with Crippen LogP contribution in [0.4, 0.5) is 4.39 Å². The van der Waals surface area contributed by atoms with Crippen LogP contribution in [0.15, 0.2) is 10.7 Å². The first-order valence-electron chi connectivity index (χ1n) is 3.60. The fourth-order valence-electron chi connectivity index (χ4n) is 0.872. The van der Waals surface area contributed by atoms with E-state index in [2.05, 4.69) is 26.1 Å². The molecule has 0 spiro atoms. The van der Waals surface area contributed by atoms with E-state index in [4.69, 9.17) is 0 Å². The fourth-order valence-corrected chi connectivity index (χ4v) is 1.65. The van der Waals surface area contributed by atoms with Crippen molar-refractivity contribution in [2.75, 3.05) is 0 Å². The van der Waals surface area contributed by atoms with Gasteiger partial charge in [-0.3, -0.25) is 0 Å². The molecule has 1 rings (SSSR count). The maximum atomic E-state index is 12.9. The Morgan fingerprint density at radius 2 is 2.00 bits per heavy atom. The van der Waals surface area contributed by atoms with Crippen LogP contribution in [0.2, 0.25) is 0 Å². The second-order valence-electron chi connectivity index (χ2n) is 3.61. The SMILES string of the molecule is CC(C)(C)c1cnnc(F)c1Br. The van der Waals surface area contributed by atoms with E-state index in [1.807, 2.05) is 20.8 Å². The summed E-state index contributed by atoms with van der Waals surface area (Å²) in [6.45, 7) is 5.98. The Morgan fingerprint density at radius 3 is 2.42 bits per heavy atom. The lowest BCUT2D eigenvalue weighted by molar-refractivity contribution is 0.524. The quantitative estimate of drug-likeness (QED) is 0.688. The Bertz CT molecular complexity index is 294. The fraction of sp³-hybridized carbons (Fsp3) is 0.500. The largest absolute Gasteiger partial charge is 0.247 e. The lowest BCUT2D eigenvalue weighted by Gasteiger charge is -2.19. The molecule has 0 aromatic carbocycles. The summed E-state index contributed by atoms with van der Waals surface area (Å²) >= 11 is 3.14. The van der Waals surface area contributed by atoms with Gasteiger partial charge in [0.1, 0.15) is 0 Å². The Morgan fingerprint density at radius 1 is 1.42 bits per heavy atom. The molecule has 0 saturated carbocycles. The maximum Gasteiger partial charge on any atom is 0.247 e. The predicted octanol–water partition coefficient (Wildman–Crippen LogP) is 2.68. The van der Waals surface area contributed by atoms with Gasteiger partial charge in [0, 0.05) is 0 Å². The summed E-state index contributed by atoms with van der Waals surface area (Å²) in [6.07, 6.45) is 1.58. The van der Waals surface area contributed by atoms with E-state index in [-0.39, 0.29) is 5.41 Å². The first-order chi connectivity index (χ1) is 5.43. The van der Waals surface area contributed by atoms with Gasteiger partial charge < -0.3 is 0 Å². The first-order valence-corrected chi connectivity index (χ1v) is 4.39. The van der Waals surface area contributed by atoms with Crippen molar-refractivity contribution in [1.82, 2.24) is 10.2 Å². The molecule has 0 amide bonds. The predicted molar refractivity (Wildman–Crippen MR) is 48.4 cm³/mol. The minimum Gasteiger partial charge on any atom is -0.182 e. The molecule has 12 heavy (non-hydrogen) atoms. The Labute approximate surface area is 79.3 Å². The number of hydrogen-bond acceptors (Lipinski definition) is 2. The molecular weight excluding hydrogens is 223 g/mol. The highest BCUT2D eigenvalue weighted by Crippen LogP contribution is 2.29. The van der Waals surface area contributed by atoms with Crippen molar-refractivity contribution >= 4 is 15.9 Å². The van der Waals surface area contributed by atoms with Crippen molar-refractivity contribution in [3.8, 4) is 0 Å². The Hall–Kier alpha value is -0.510. The smallest absolute Gasteiger partial charge is 0.182 e. The van der Waals surface area contributed by atoms with Gasteiger partial charge in [-0.25, -0.2) is 0 Å². The highest BCUT2D eigenvalue weighted by molar-refractivity contribution is 9.10. The van der Waals surface area contributed by atoms with Crippen LogP contribution in [0, 0.1) is 5.95 Å². The van der Waals surface area contributed by atoms with E-state index in [0.717, 1.165) is 5.56 Å². The zero-order valence-corrected chi connectivity index (χ0v) is 8.81. The standard InChI is InChI=1S/C8H10BrFN2/c1-8(2,3)5-4-11-12-7(10)6(5)9/h4H,1-3H3. The second kappa shape index (κ2) is 3.09. The molecule has 1 heterocycles. The average Bonchev–Trinajstić information content (AvgIpc) is 1.92. The molecule has 0 aliphatic rings. The van der Waals surface area contributed by atoms with Crippen LogP contribution in [-0.4, -0.2) is 10.2 Å². The Balaban J connectivity index is 3.26. The summed E-state index contributed by atoms with van der Waals surface area (Å²) in [5, 5.41) is 6.85. The van der Waals surface area contributed by atoms with Gasteiger partial charge in [0.05, 0.1) is 10.7 Å². The normalized spacial score (nSPS) is 11.8. The molecule has 0 bridgehead atoms. The molecule has 0 unspecified atom stereocenters. The topological polar surface area (TPSA) is 25.8 Å². The lowest BCUT2D eigenvalue weighted by Crippen LogP contribution is -2.14. The van der Waals surface area contributed by atoms with E-state index in [9.17, 15) is 4.39 Å². The van der Waals surface area contributed by atoms with Crippen LogP contribution < -0.4 is 0 Å². The van der Waals surface area contributed by atoms with Crippen LogP contribution in [0.3, 0.4) is 0 Å². The minimum absolute atomic E-state index is 0.115. The van der Waals surface area contributed by atoms with Gasteiger partial charge in [-0.15, -0.1) is 5.10 Å². The highest BCUT2D eigenvalue weighted by atomic mass is 79.9. The number of halogens is 2. The van der Waals surface area contributed by atoms with Gasteiger partial charge in [0.15, 0.2) is 0 Å². The third-order valence-electron chi connectivity index (χ3n) is 1.56. The molecule has 0 aliphatic heterocycles.